The lowest BCUT2D eigenvalue weighted by Gasteiger charge is -1.96. The molecule has 4 nitrogen and oxygen atoms in total. The Hall–Kier alpha value is -1.47. The van der Waals surface area contributed by atoms with Crippen LogP contribution in [0.4, 0.5) is 8.78 Å². The Bertz CT molecular complexity index is 684. The third-order valence-electron chi connectivity index (χ3n) is 2.08. The van der Waals surface area contributed by atoms with Crippen LogP contribution in [0.1, 0.15) is 5.69 Å². The van der Waals surface area contributed by atoms with Gasteiger partial charge in [-0.1, -0.05) is 5.16 Å². The summed E-state index contributed by atoms with van der Waals surface area (Å²) in [6, 6.07) is 4.45. The molecule has 1 heterocycles. The summed E-state index contributed by atoms with van der Waals surface area (Å²) in [5.74, 6) is -2.39. The smallest absolute Gasteiger partial charge is 0.238 e. The van der Waals surface area contributed by atoms with E-state index in [4.69, 9.17) is 15.2 Å². The Labute approximate surface area is 106 Å². The second kappa shape index (κ2) is 4.66. The fourth-order valence-corrected chi connectivity index (χ4v) is 2.17. The zero-order valence-electron chi connectivity index (χ0n) is 8.73. The average molecular weight is 294 g/mol. The minimum Gasteiger partial charge on any atom is -0.356 e. The van der Waals surface area contributed by atoms with Gasteiger partial charge in [-0.2, -0.15) is 0 Å². The lowest BCUT2D eigenvalue weighted by atomic mass is 10.1. The van der Waals surface area contributed by atoms with E-state index in [1.54, 1.807) is 0 Å². The van der Waals surface area contributed by atoms with Crippen LogP contribution in [0.2, 0.25) is 0 Å². The van der Waals surface area contributed by atoms with Crippen LogP contribution in [0.3, 0.4) is 0 Å². The van der Waals surface area contributed by atoms with Gasteiger partial charge in [-0.05, 0) is 18.2 Å². The van der Waals surface area contributed by atoms with Crippen molar-refractivity contribution in [1.82, 2.24) is 5.16 Å². The fourth-order valence-electron chi connectivity index (χ4n) is 1.34. The zero-order chi connectivity index (χ0) is 13.3. The second-order valence-corrected chi connectivity index (χ2v) is 6.27. The van der Waals surface area contributed by atoms with Crippen molar-refractivity contribution in [1.29, 1.82) is 0 Å². The summed E-state index contributed by atoms with van der Waals surface area (Å²) in [5.41, 5.74) is 0.337. The van der Waals surface area contributed by atoms with Crippen LogP contribution in [0, 0.1) is 11.6 Å². The van der Waals surface area contributed by atoms with Crippen LogP contribution in [0.5, 0.6) is 0 Å². The Balaban J connectivity index is 2.32. The number of nitrogens with zero attached hydrogens (tertiary/aromatic N) is 1. The quantitative estimate of drug-likeness (QED) is 0.816. The molecular weight excluding hydrogens is 288 g/mol. The largest absolute Gasteiger partial charge is 0.356 e. The second-order valence-electron chi connectivity index (χ2n) is 3.49. The maximum Gasteiger partial charge on any atom is 0.238 e. The number of rotatable bonds is 3. The molecule has 0 aliphatic rings. The molecule has 0 radical (unpaired) electrons. The van der Waals surface area contributed by atoms with Crippen molar-refractivity contribution in [3.63, 3.8) is 0 Å². The van der Waals surface area contributed by atoms with Gasteiger partial charge >= 0.3 is 0 Å². The van der Waals surface area contributed by atoms with Crippen LogP contribution in [0.15, 0.2) is 28.8 Å². The van der Waals surface area contributed by atoms with Gasteiger partial charge in [-0.25, -0.2) is 17.2 Å². The molecule has 0 N–H and O–H groups in total. The highest BCUT2D eigenvalue weighted by atomic mass is 35.7. The van der Waals surface area contributed by atoms with Gasteiger partial charge in [0, 0.05) is 22.3 Å². The number of hydrogen-bond donors (Lipinski definition) is 0. The summed E-state index contributed by atoms with van der Waals surface area (Å²) < 4.78 is 52.2. The summed E-state index contributed by atoms with van der Waals surface area (Å²) in [7, 11) is 1.30. The number of benzene rings is 1. The lowest BCUT2D eigenvalue weighted by Crippen LogP contribution is -1.94. The van der Waals surface area contributed by atoms with Crippen molar-refractivity contribution in [2.24, 2.45) is 0 Å². The molecule has 0 fully saturated rings. The molecular formula is C10H6ClF2NO3S. The first-order chi connectivity index (χ1) is 8.35. The van der Waals surface area contributed by atoms with Crippen LogP contribution in [0.25, 0.3) is 11.3 Å². The first-order valence-corrected chi connectivity index (χ1v) is 7.16. The predicted octanol–water partition coefficient (Wildman–Crippen LogP) is 2.69. The van der Waals surface area contributed by atoms with Crippen molar-refractivity contribution < 1.29 is 21.7 Å². The van der Waals surface area contributed by atoms with Crippen molar-refractivity contribution in [3.8, 4) is 11.3 Å². The molecule has 2 rings (SSSR count). The van der Waals surface area contributed by atoms with Crippen LogP contribution in [-0.2, 0) is 14.8 Å². The van der Waals surface area contributed by atoms with Gasteiger partial charge in [0.15, 0.2) is 17.4 Å². The van der Waals surface area contributed by atoms with E-state index in [9.17, 15) is 17.2 Å². The molecule has 0 atom stereocenters. The van der Waals surface area contributed by atoms with Gasteiger partial charge in [0.1, 0.15) is 11.4 Å². The van der Waals surface area contributed by atoms with Crippen molar-refractivity contribution in [2.45, 2.75) is 5.75 Å². The summed E-state index contributed by atoms with van der Waals surface area (Å²) in [5, 5.41) is 3.48. The third-order valence-corrected chi connectivity index (χ3v) is 3.05. The molecule has 0 bridgehead atoms. The van der Waals surface area contributed by atoms with E-state index < -0.39 is 26.4 Å². The molecule has 0 aliphatic carbocycles. The van der Waals surface area contributed by atoms with Crippen LogP contribution < -0.4 is 0 Å². The molecule has 1 aromatic heterocycles. The van der Waals surface area contributed by atoms with E-state index in [1.807, 2.05) is 0 Å². The molecule has 18 heavy (non-hydrogen) atoms. The molecule has 0 spiro atoms. The SMILES string of the molecule is O=S(=O)(Cl)Cc1cc(-c2ccc(F)c(F)c2)on1. The van der Waals surface area contributed by atoms with Crippen molar-refractivity contribution in [3.05, 3.63) is 41.6 Å². The van der Waals surface area contributed by atoms with Crippen LogP contribution >= 0.6 is 10.7 Å². The fraction of sp³-hybridized carbons (Fsp3) is 0.100. The highest BCUT2D eigenvalue weighted by Crippen LogP contribution is 2.23. The van der Waals surface area contributed by atoms with Gasteiger partial charge in [-0.15, -0.1) is 0 Å². The Morgan fingerprint density at radius 3 is 2.56 bits per heavy atom. The lowest BCUT2D eigenvalue weighted by molar-refractivity contribution is 0.425. The molecule has 0 aliphatic heterocycles. The van der Waals surface area contributed by atoms with Gasteiger partial charge in [0.25, 0.3) is 0 Å². The first kappa shape index (κ1) is 13.0. The number of aromatic nitrogens is 1. The molecule has 0 amide bonds. The maximum absolute atomic E-state index is 13.0. The molecule has 8 heteroatoms. The van der Waals surface area contributed by atoms with E-state index in [0.29, 0.717) is 0 Å². The Morgan fingerprint density at radius 1 is 1.22 bits per heavy atom. The van der Waals surface area contributed by atoms with Crippen molar-refractivity contribution >= 4 is 19.7 Å². The third kappa shape index (κ3) is 3.05. The highest BCUT2D eigenvalue weighted by molar-refractivity contribution is 8.13. The number of halogens is 3. The minimum atomic E-state index is -3.75. The van der Waals surface area contributed by atoms with Gasteiger partial charge < -0.3 is 4.52 Å². The minimum absolute atomic E-state index is 0.0877. The predicted molar refractivity (Wildman–Crippen MR) is 60.3 cm³/mol. The molecule has 0 saturated heterocycles. The van der Waals surface area contributed by atoms with E-state index >= 15 is 0 Å². The average Bonchev–Trinajstić information content (AvgIpc) is 2.68. The van der Waals surface area contributed by atoms with Gasteiger partial charge in [0.2, 0.25) is 9.05 Å². The topological polar surface area (TPSA) is 60.2 Å². The summed E-state index contributed by atoms with van der Waals surface area (Å²) in [4.78, 5) is 0. The van der Waals surface area contributed by atoms with Crippen LogP contribution in [-0.4, -0.2) is 13.6 Å². The van der Waals surface area contributed by atoms with Crippen molar-refractivity contribution in [2.75, 3.05) is 0 Å². The molecule has 0 unspecified atom stereocenters. The summed E-state index contributed by atoms with van der Waals surface area (Å²) >= 11 is 0. The normalized spacial score (nSPS) is 11.7. The highest BCUT2D eigenvalue weighted by Gasteiger charge is 2.14. The Morgan fingerprint density at radius 2 is 1.94 bits per heavy atom. The maximum atomic E-state index is 13.0. The van der Waals surface area contributed by atoms with Gasteiger partial charge in [-0.3, -0.25) is 0 Å². The molecule has 1 aromatic carbocycles. The number of hydrogen-bond acceptors (Lipinski definition) is 4. The standard InChI is InChI=1S/C10H6ClF2NO3S/c11-18(15,16)5-7-4-10(17-14-7)6-1-2-8(12)9(13)3-6/h1-4H,5H2. The van der Waals surface area contributed by atoms with E-state index in [-0.39, 0.29) is 17.0 Å². The summed E-state index contributed by atoms with van der Waals surface area (Å²) in [6.45, 7) is 0. The molecule has 96 valence electrons. The van der Waals surface area contributed by atoms with Gasteiger partial charge in [0.05, 0.1) is 0 Å². The first-order valence-electron chi connectivity index (χ1n) is 4.68. The van der Waals surface area contributed by atoms with E-state index in [2.05, 4.69) is 5.16 Å². The van der Waals surface area contributed by atoms with E-state index in [0.717, 1.165) is 12.1 Å². The monoisotopic (exact) mass is 293 g/mol. The molecule has 0 saturated carbocycles. The van der Waals surface area contributed by atoms with E-state index in [1.165, 1.54) is 12.1 Å². The molecule has 2 aromatic rings. The summed E-state index contributed by atoms with van der Waals surface area (Å²) in [6.07, 6.45) is 0. The Kier molecular flexibility index (Phi) is 3.36. The zero-order valence-corrected chi connectivity index (χ0v) is 10.3.